The molecule has 0 aromatic heterocycles. The fourth-order valence-electron chi connectivity index (χ4n) is 2.38. The van der Waals surface area contributed by atoms with Crippen LogP contribution in [0.5, 0.6) is 0 Å². The maximum Gasteiger partial charge on any atom is 0.247 e. The van der Waals surface area contributed by atoms with Gasteiger partial charge in [0.2, 0.25) is 5.91 Å². The summed E-state index contributed by atoms with van der Waals surface area (Å²) in [7, 11) is 0. The molecule has 0 heterocycles. The molecule has 84 valence electrons. The molecule has 0 bridgehead atoms. The number of halogens is 1. The zero-order valence-electron chi connectivity index (χ0n) is 8.97. The number of carbonyl (C=O) groups is 1. The number of amides is 1. The van der Waals surface area contributed by atoms with Gasteiger partial charge >= 0.3 is 0 Å². The smallest absolute Gasteiger partial charge is 0.247 e. The molecule has 0 aromatic rings. The summed E-state index contributed by atoms with van der Waals surface area (Å²) in [5.41, 5.74) is 0.861. The van der Waals surface area contributed by atoms with Gasteiger partial charge in [-0.05, 0) is 44.9 Å². The van der Waals surface area contributed by atoms with Crippen LogP contribution in [0.2, 0.25) is 0 Å². The van der Waals surface area contributed by atoms with Crippen molar-refractivity contribution in [3.8, 4) is 0 Å². The van der Waals surface area contributed by atoms with E-state index in [-0.39, 0.29) is 11.9 Å². The van der Waals surface area contributed by atoms with Gasteiger partial charge in [0.05, 0.1) is 6.04 Å². The molecule has 15 heavy (non-hydrogen) atoms. The van der Waals surface area contributed by atoms with Gasteiger partial charge in [0, 0.05) is 5.57 Å². The van der Waals surface area contributed by atoms with Crippen LogP contribution in [-0.4, -0.2) is 18.1 Å². The van der Waals surface area contributed by atoms with Gasteiger partial charge < -0.3 is 5.32 Å². The minimum atomic E-state index is -0.835. The van der Waals surface area contributed by atoms with E-state index in [9.17, 15) is 9.18 Å². The molecule has 1 fully saturated rings. The van der Waals surface area contributed by atoms with E-state index in [1.807, 2.05) is 6.08 Å². The number of hydrogen-bond donors (Lipinski definition) is 1. The Balaban J connectivity index is 1.88. The monoisotopic (exact) mass is 211 g/mol. The molecule has 1 N–H and O–H groups in total. The van der Waals surface area contributed by atoms with Gasteiger partial charge in [-0.1, -0.05) is 6.08 Å². The van der Waals surface area contributed by atoms with Crippen molar-refractivity contribution >= 4 is 5.91 Å². The first-order valence-electron chi connectivity index (χ1n) is 5.91. The van der Waals surface area contributed by atoms with Gasteiger partial charge in [-0.2, -0.15) is 0 Å². The second kappa shape index (κ2) is 4.77. The van der Waals surface area contributed by atoms with Crippen LogP contribution in [0.3, 0.4) is 0 Å². The highest BCUT2D eigenvalue weighted by atomic mass is 19.1. The molecule has 2 aliphatic rings. The molecule has 0 aromatic carbocycles. The molecule has 3 heteroatoms. The lowest BCUT2D eigenvalue weighted by Crippen LogP contribution is -2.39. The maximum absolute atomic E-state index is 13.3. The normalized spacial score (nSPS) is 31.1. The van der Waals surface area contributed by atoms with Crippen molar-refractivity contribution < 1.29 is 9.18 Å². The van der Waals surface area contributed by atoms with E-state index in [0.29, 0.717) is 6.42 Å². The predicted octanol–water partition coefficient (Wildman–Crippen LogP) is 2.49. The summed E-state index contributed by atoms with van der Waals surface area (Å²) >= 11 is 0. The summed E-state index contributed by atoms with van der Waals surface area (Å²) in [5.74, 6) is -0.0377. The Morgan fingerprint density at radius 2 is 2.20 bits per heavy atom. The lowest BCUT2D eigenvalue weighted by atomic mass is 9.99. The molecule has 0 unspecified atom stereocenters. The second-order valence-corrected chi connectivity index (χ2v) is 4.50. The standard InChI is InChI=1S/C12H18FNO/c13-10-7-4-8-11(10)14-12(15)9-5-2-1-3-6-9/h5,10-11H,1-4,6-8H2,(H,14,15)/t10-,11+/m0/s1. The van der Waals surface area contributed by atoms with Gasteiger partial charge in [0.1, 0.15) is 6.17 Å². The Labute approximate surface area is 89.9 Å². The van der Waals surface area contributed by atoms with Crippen molar-refractivity contribution in [3.05, 3.63) is 11.6 Å². The molecule has 2 rings (SSSR count). The van der Waals surface area contributed by atoms with Crippen molar-refractivity contribution in [2.24, 2.45) is 0 Å². The molecular weight excluding hydrogens is 193 g/mol. The van der Waals surface area contributed by atoms with Crippen LogP contribution in [0, 0.1) is 0 Å². The Bertz CT molecular complexity index is 275. The van der Waals surface area contributed by atoms with E-state index in [1.54, 1.807) is 0 Å². The largest absolute Gasteiger partial charge is 0.347 e. The minimum absolute atomic E-state index is 0.0377. The van der Waals surface area contributed by atoms with Crippen molar-refractivity contribution in [3.63, 3.8) is 0 Å². The summed E-state index contributed by atoms with van der Waals surface area (Å²) in [6, 6.07) is -0.236. The lowest BCUT2D eigenvalue weighted by Gasteiger charge is -2.18. The predicted molar refractivity (Wildman–Crippen MR) is 57.2 cm³/mol. The van der Waals surface area contributed by atoms with Crippen molar-refractivity contribution in [1.29, 1.82) is 0 Å². The van der Waals surface area contributed by atoms with Crippen LogP contribution < -0.4 is 5.32 Å². The van der Waals surface area contributed by atoms with Crippen molar-refractivity contribution in [2.75, 3.05) is 0 Å². The molecule has 2 nitrogen and oxygen atoms in total. The molecule has 0 spiro atoms. The summed E-state index contributed by atoms with van der Waals surface area (Å²) < 4.78 is 13.3. The highest BCUT2D eigenvalue weighted by Crippen LogP contribution is 2.23. The molecule has 0 radical (unpaired) electrons. The average molecular weight is 211 g/mol. The minimum Gasteiger partial charge on any atom is -0.347 e. The Morgan fingerprint density at radius 1 is 1.33 bits per heavy atom. The Kier molecular flexibility index (Phi) is 3.39. The first-order valence-corrected chi connectivity index (χ1v) is 5.91. The number of allylic oxidation sites excluding steroid dienone is 1. The van der Waals surface area contributed by atoms with Crippen molar-refractivity contribution in [2.45, 2.75) is 57.2 Å². The summed E-state index contributed by atoms with van der Waals surface area (Å²) in [6.45, 7) is 0. The van der Waals surface area contributed by atoms with Gasteiger partial charge in [0.15, 0.2) is 0 Å². The Morgan fingerprint density at radius 3 is 2.80 bits per heavy atom. The third kappa shape index (κ3) is 2.58. The fourth-order valence-corrected chi connectivity index (χ4v) is 2.38. The lowest BCUT2D eigenvalue weighted by molar-refractivity contribution is -0.118. The van der Waals surface area contributed by atoms with Crippen LogP contribution in [0.1, 0.15) is 44.9 Å². The summed E-state index contributed by atoms with van der Waals surface area (Å²) in [5, 5.41) is 2.82. The maximum atomic E-state index is 13.3. The van der Waals surface area contributed by atoms with Crippen LogP contribution in [0.4, 0.5) is 4.39 Å². The molecule has 2 aliphatic carbocycles. The van der Waals surface area contributed by atoms with Crippen LogP contribution in [0.15, 0.2) is 11.6 Å². The second-order valence-electron chi connectivity index (χ2n) is 4.50. The van der Waals surface area contributed by atoms with E-state index in [4.69, 9.17) is 0 Å². The van der Waals surface area contributed by atoms with E-state index in [2.05, 4.69) is 5.32 Å². The summed E-state index contributed by atoms with van der Waals surface area (Å²) in [6.07, 6.45) is 7.56. The molecule has 0 saturated heterocycles. The third-order valence-electron chi connectivity index (χ3n) is 3.33. The van der Waals surface area contributed by atoms with Crippen LogP contribution in [-0.2, 0) is 4.79 Å². The van der Waals surface area contributed by atoms with Crippen LogP contribution in [0.25, 0.3) is 0 Å². The molecular formula is C12H18FNO. The summed E-state index contributed by atoms with van der Waals surface area (Å²) in [4.78, 5) is 11.8. The van der Waals surface area contributed by atoms with Crippen LogP contribution >= 0.6 is 0 Å². The zero-order valence-corrected chi connectivity index (χ0v) is 8.97. The zero-order chi connectivity index (χ0) is 10.7. The van der Waals surface area contributed by atoms with E-state index >= 15 is 0 Å². The SMILES string of the molecule is O=C(N[C@@H]1CCC[C@@H]1F)C1=CCCCC1. The molecule has 0 aliphatic heterocycles. The van der Waals surface area contributed by atoms with Gasteiger partial charge in [-0.15, -0.1) is 0 Å². The number of alkyl halides is 1. The van der Waals surface area contributed by atoms with Crippen molar-refractivity contribution in [1.82, 2.24) is 5.32 Å². The van der Waals surface area contributed by atoms with E-state index < -0.39 is 6.17 Å². The number of hydrogen-bond acceptors (Lipinski definition) is 1. The average Bonchev–Trinajstić information content (AvgIpc) is 2.66. The highest BCUT2D eigenvalue weighted by molar-refractivity contribution is 5.93. The number of carbonyl (C=O) groups excluding carboxylic acids is 1. The van der Waals surface area contributed by atoms with E-state index in [0.717, 1.165) is 37.7 Å². The third-order valence-corrected chi connectivity index (χ3v) is 3.33. The highest BCUT2D eigenvalue weighted by Gasteiger charge is 2.28. The quantitative estimate of drug-likeness (QED) is 0.747. The van der Waals surface area contributed by atoms with Gasteiger partial charge in [-0.25, -0.2) is 4.39 Å². The first kappa shape index (κ1) is 10.7. The fraction of sp³-hybridized carbons (Fsp3) is 0.750. The topological polar surface area (TPSA) is 29.1 Å². The van der Waals surface area contributed by atoms with E-state index in [1.165, 1.54) is 6.42 Å². The molecule has 2 atom stereocenters. The number of nitrogens with one attached hydrogen (secondary N) is 1. The number of rotatable bonds is 2. The first-order chi connectivity index (χ1) is 7.27. The molecule has 1 saturated carbocycles. The Hall–Kier alpha value is -0.860. The van der Waals surface area contributed by atoms with Gasteiger partial charge in [-0.3, -0.25) is 4.79 Å². The molecule has 1 amide bonds. The van der Waals surface area contributed by atoms with Gasteiger partial charge in [0.25, 0.3) is 0 Å².